The first kappa shape index (κ1) is 18.0. The summed E-state index contributed by atoms with van der Waals surface area (Å²) in [5.74, 6) is -0.166. The average Bonchev–Trinajstić information content (AvgIpc) is 2.45. The van der Waals surface area contributed by atoms with Gasteiger partial charge in [-0.3, -0.25) is 4.79 Å². The van der Waals surface area contributed by atoms with Gasteiger partial charge in [0, 0.05) is 18.8 Å². The van der Waals surface area contributed by atoms with Gasteiger partial charge in [0.05, 0.1) is 0 Å². The number of carbonyl (C=O) groups excluding carboxylic acids is 2. The Morgan fingerprint density at radius 1 is 1.14 bits per heavy atom. The van der Waals surface area contributed by atoms with Gasteiger partial charge in [0.15, 0.2) is 0 Å². The van der Waals surface area contributed by atoms with E-state index < -0.39 is 6.04 Å². The Kier molecular flexibility index (Phi) is 7.39. The molecule has 0 heterocycles. The number of para-hydroxylation sites is 1. The monoisotopic (exact) mass is 306 g/mol. The van der Waals surface area contributed by atoms with E-state index in [9.17, 15) is 9.59 Å². The van der Waals surface area contributed by atoms with E-state index in [1.807, 2.05) is 51.0 Å². The molecule has 22 heavy (non-hydrogen) atoms. The van der Waals surface area contributed by atoms with Crippen LogP contribution >= 0.6 is 0 Å². The summed E-state index contributed by atoms with van der Waals surface area (Å²) in [6.45, 7) is 5.11. The molecule has 1 unspecified atom stereocenters. The zero-order valence-electron chi connectivity index (χ0n) is 13.7. The molecule has 1 rings (SSSR count). The second-order valence-corrected chi connectivity index (χ2v) is 5.78. The normalized spacial score (nSPS) is 12.1. The minimum atomic E-state index is -0.564. The van der Waals surface area contributed by atoms with Crippen molar-refractivity contribution in [2.24, 2.45) is 5.92 Å². The molecule has 6 nitrogen and oxygen atoms in total. The number of hydrogen-bond acceptors (Lipinski definition) is 3. The van der Waals surface area contributed by atoms with Gasteiger partial charge in [-0.15, -0.1) is 0 Å². The van der Waals surface area contributed by atoms with E-state index in [-0.39, 0.29) is 17.9 Å². The largest absolute Gasteiger partial charge is 0.353 e. The van der Waals surface area contributed by atoms with Crippen molar-refractivity contribution in [3.05, 3.63) is 30.3 Å². The number of rotatable bonds is 7. The van der Waals surface area contributed by atoms with E-state index >= 15 is 0 Å². The maximum Gasteiger partial charge on any atom is 0.319 e. The Morgan fingerprint density at radius 2 is 1.77 bits per heavy atom. The van der Waals surface area contributed by atoms with Gasteiger partial charge in [-0.1, -0.05) is 32.0 Å². The maximum atomic E-state index is 12.2. The predicted molar refractivity (Wildman–Crippen MR) is 88.8 cm³/mol. The highest BCUT2D eigenvalue weighted by atomic mass is 16.2. The summed E-state index contributed by atoms with van der Waals surface area (Å²) in [4.78, 5) is 26.2. The van der Waals surface area contributed by atoms with Crippen LogP contribution in [0.25, 0.3) is 0 Å². The quantitative estimate of drug-likeness (QED) is 0.715. The van der Waals surface area contributed by atoms with Crippen molar-refractivity contribution in [1.29, 1.82) is 0 Å². The van der Waals surface area contributed by atoms with E-state index in [1.165, 1.54) is 0 Å². The minimum absolute atomic E-state index is 0.000814. The summed E-state index contributed by atoms with van der Waals surface area (Å²) in [6, 6.07) is 8.19. The third-order valence-corrected chi connectivity index (χ3v) is 3.13. The second kappa shape index (κ2) is 9.04. The van der Waals surface area contributed by atoms with Gasteiger partial charge in [0.2, 0.25) is 5.91 Å². The molecule has 0 fully saturated rings. The van der Waals surface area contributed by atoms with E-state index in [4.69, 9.17) is 0 Å². The Hall–Kier alpha value is -2.08. The van der Waals surface area contributed by atoms with Crippen molar-refractivity contribution in [1.82, 2.24) is 15.5 Å². The number of amides is 3. The van der Waals surface area contributed by atoms with Gasteiger partial charge in [-0.05, 0) is 32.1 Å². The van der Waals surface area contributed by atoms with Crippen LogP contribution in [0, 0.1) is 5.92 Å². The molecule has 0 aliphatic rings. The Bertz CT molecular complexity index is 474. The molecule has 1 aromatic carbocycles. The molecule has 1 atom stereocenters. The lowest BCUT2D eigenvalue weighted by atomic mass is 10.0. The molecular formula is C16H26N4O2. The Morgan fingerprint density at radius 3 is 2.32 bits per heavy atom. The molecule has 0 radical (unpaired) electrons. The number of nitrogens with zero attached hydrogens (tertiary/aromatic N) is 1. The van der Waals surface area contributed by atoms with E-state index in [1.54, 1.807) is 12.1 Å². The Labute approximate surface area is 132 Å². The van der Waals surface area contributed by atoms with Gasteiger partial charge >= 0.3 is 6.03 Å². The van der Waals surface area contributed by atoms with Crippen LogP contribution in [-0.2, 0) is 4.79 Å². The van der Waals surface area contributed by atoms with Crippen LogP contribution < -0.4 is 16.0 Å². The van der Waals surface area contributed by atoms with Crippen LogP contribution in [0.5, 0.6) is 0 Å². The number of likely N-dealkylation sites (N-methyl/N-ethyl adjacent to an activating group) is 1. The summed E-state index contributed by atoms with van der Waals surface area (Å²) in [5.41, 5.74) is 0.690. The lowest BCUT2D eigenvalue weighted by Crippen LogP contribution is -2.51. The molecule has 3 N–H and O–H groups in total. The van der Waals surface area contributed by atoms with Crippen molar-refractivity contribution in [2.75, 3.05) is 32.5 Å². The first-order valence-corrected chi connectivity index (χ1v) is 7.45. The van der Waals surface area contributed by atoms with Gasteiger partial charge in [0.25, 0.3) is 0 Å². The van der Waals surface area contributed by atoms with Crippen molar-refractivity contribution < 1.29 is 9.59 Å². The average molecular weight is 306 g/mol. The molecular weight excluding hydrogens is 280 g/mol. The molecule has 0 saturated heterocycles. The van der Waals surface area contributed by atoms with E-state index in [2.05, 4.69) is 16.0 Å². The van der Waals surface area contributed by atoms with Crippen molar-refractivity contribution in [3.63, 3.8) is 0 Å². The topological polar surface area (TPSA) is 73.5 Å². The number of anilines is 1. The molecule has 0 bridgehead atoms. The molecule has 0 saturated carbocycles. The summed E-state index contributed by atoms with van der Waals surface area (Å²) in [5, 5.41) is 8.29. The van der Waals surface area contributed by atoms with Crippen molar-refractivity contribution in [2.45, 2.75) is 19.9 Å². The zero-order valence-corrected chi connectivity index (χ0v) is 13.7. The minimum Gasteiger partial charge on any atom is -0.353 e. The number of benzene rings is 1. The summed E-state index contributed by atoms with van der Waals surface area (Å²) >= 11 is 0. The highest BCUT2D eigenvalue weighted by Gasteiger charge is 2.23. The Balaban J connectivity index is 2.52. The van der Waals surface area contributed by atoms with Crippen LogP contribution in [0.2, 0.25) is 0 Å². The molecule has 122 valence electrons. The molecule has 1 aromatic rings. The van der Waals surface area contributed by atoms with Crippen LogP contribution in [0.3, 0.4) is 0 Å². The number of hydrogen-bond donors (Lipinski definition) is 3. The fraction of sp³-hybridized carbons (Fsp3) is 0.500. The molecule has 0 spiro atoms. The van der Waals surface area contributed by atoms with E-state index in [0.29, 0.717) is 12.2 Å². The van der Waals surface area contributed by atoms with E-state index in [0.717, 1.165) is 6.54 Å². The molecule has 0 aliphatic carbocycles. The van der Waals surface area contributed by atoms with Crippen LogP contribution in [-0.4, -0.2) is 50.1 Å². The number of carbonyl (C=O) groups is 2. The van der Waals surface area contributed by atoms with Crippen LogP contribution in [0.4, 0.5) is 10.5 Å². The van der Waals surface area contributed by atoms with Crippen molar-refractivity contribution >= 4 is 17.6 Å². The molecule has 6 heteroatoms. The molecule has 0 aliphatic heterocycles. The molecule has 0 aromatic heterocycles. The second-order valence-electron chi connectivity index (χ2n) is 5.78. The SMILES string of the molecule is CC(C)C(NC(=O)Nc1ccccc1)C(=O)NCCN(C)C. The smallest absolute Gasteiger partial charge is 0.319 e. The standard InChI is InChI=1S/C16H26N4O2/c1-12(2)14(15(21)17-10-11-20(3)4)19-16(22)18-13-8-6-5-7-9-13/h5-9,12,14H,10-11H2,1-4H3,(H,17,21)(H2,18,19,22). The van der Waals surface area contributed by atoms with Crippen LogP contribution in [0.1, 0.15) is 13.8 Å². The number of urea groups is 1. The maximum absolute atomic E-state index is 12.2. The highest BCUT2D eigenvalue weighted by Crippen LogP contribution is 2.06. The zero-order chi connectivity index (χ0) is 16.5. The summed E-state index contributed by atoms with van der Waals surface area (Å²) in [7, 11) is 3.88. The van der Waals surface area contributed by atoms with Gasteiger partial charge in [-0.2, -0.15) is 0 Å². The first-order chi connectivity index (χ1) is 10.4. The van der Waals surface area contributed by atoms with Crippen LogP contribution in [0.15, 0.2) is 30.3 Å². The fourth-order valence-electron chi connectivity index (χ4n) is 1.88. The van der Waals surface area contributed by atoms with Crippen molar-refractivity contribution in [3.8, 4) is 0 Å². The third kappa shape index (κ3) is 6.58. The van der Waals surface area contributed by atoms with Gasteiger partial charge in [0.1, 0.15) is 6.04 Å². The predicted octanol–water partition coefficient (Wildman–Crippen LogP) is 1.51. The highest BCUT2D eigenvalue weighted by molar-refractivity contribution is 5.93. The third-order valence-electron chi connectivity index (χ3n) is 3.13. The molecule has 3 amide bonds. The lowest BCUT2D eigenvalue weighted by molar-refractivity contribution is -0.123. The summed E-state index contributed by atoms with van der Waals surface area (Å²) < 4.78 is 0. The fourth-order valence-corrected chi connectivity index (χ4v) is 1.88. The van der Waals surface area contributed by atoms with Gasteiger partial charge < -0.3 is 20.9 Å². The van der Waals surface area contributed by atoms with Gasteiger partial charge in [-0.25, -0.2) is 4.79 Å². The lowest BCUT2D eigenvalue weighted by Gasteiger charge is -2.22. The summed E-state index contributed by atoms with van der Waals surface area (Å²) in [6.07, 6.45) is 0. The first-order valence-electron chi connectivity index (χ1n) is 7.45. The number of nitrogens with one attached hydrogen (secondary N) is 3.